The average Bonchev–Trinajstić information content (AvgIpc) is 2.97. The number of hydrogen-bond donors (Lipinski definition) is 1. The summed E-state index contributed by atoms with van der Waals surface area (Å²) in [7, 11) is 0. The highest BCUT2D eigenvalue weighted by atomic mass is 32.2. The van der Waals surface area contributed by atoms with Gasteiger partial charge in [-0.15, -0.1) is 0 Å². The number of carbonyl (C=O) groups is 1. The average molecular weight is 334 g/mol. The van der Waals surface area contributed by atoms with Gasteiger partial charge in [0.25, 0.3) is 0 Å². The lowest BCUT2D eigenvalue weighted by atomic mass is 10.1. The second-order valence-electron chi connectivity index (χ2n) is 5.67. The number of anilines is 1. The van der Waals surface area contributed by atoms with Gasteiger partial charge in [-0.2, -0.15) is 5.10 Å². The van der Waals surface area contributed by atoms with E-state index in [1.54, 1.807) is 11.8 Å². The van der Waals surface area contributed by atoms with Crippen molar-refractivity contribution in [2.45, 2.75) is 37.9 Å². The highest BCUT2D eigenvalue weighted by molar-refractivity contribution is 7.98. The number of nitrogens with zero attached hydrogens (tertiary/aromatic N) is 5. The van der Waals surface area contributed by atoms with Gasteiger partial charge in [0.15, 0.2) is 10.8 Å². The predicted octanol–water partition coefficient (Wildman–Crippen LogP) is 1.67. The van der Waals surface area contributed by atoms with Gasteiger partial charge in [0.2, 0.25) is 5.91 Å². The highest BCUT2D eigenvalue weighted by Gasteiger charge is 2.19. The lowest BCUT2D eigenvalue weighted by Gasteiger charge is -2.28. The third kappa shape index (κ3) is 3.57. The maximum Gasteiger partial charge on any atom is 0.216 e. The van der Waals surface area contributed by atoms with Crippen molar-refractivity contribution < 1.29 is 4.79 Å². The van der Waals surface area contributed by atoms with Crippen LogP contribution in [0.1, 0.15) is 26.2 Å². The molecule has 0 aromatic carbocycles. The van der Waals surface area contributed by atoms with Crippen molar-refractivity contribution >= 4 is 34.5 Å². The molecule has 3 heterocycles. The molecule has 0 unspecified atom stereocenters. The largest absolute Gasteiger partial charge is 0.356 e. The normalized spacial score (nSPS) is 15.1. The number of piperidine rings is 1. The van der Waals surface area contributed by atoms with Crippen LogP contribution < -0.4 is 10.2 Å². The predicted molar refractivity (Wildman–Crippen MR) is 91.9 cm³/mol. The van der Waals surface area contributed by atoms with Crippen molar-refractivity contribution in [1.29, 1.82) is 0 Å². The monoisotopic (exact) mass is 334 g/mol. The second kappa shape index (κ2) is 7.16. The van der Waals surface area contributed by atoms with Crippen molar-refractivity contribution in [2.24, 2.45) is 0 Å². The number of fused-ring (bicyclic) bond motifs is 1. The van der Waals surface area contributed by atoms with Crippen molar-refractivity contribution in [3.05, 3.63) is 6.20 Å². The van der Waals surface area contributed by atoms with Gasteiger partial charge in [-0.25, -0.2) is 14.6 Å². The minimum atomic E-state index is -0.0325. The van der Waals surface area contributed by atoms with E-state index in [-0.39, 0.29) is 5.91 Å². The Hall–Kier alpha value is -1.83. The van der Waals surface area contributed by atoms with Gasteiger partial charge in [0, 0.05) is 26.6 Å². The van der Waals surface area contributed by atoms with Crippen LogP contribution >= 0.6 is 11.8 Å². The van der Waals surface area contributed by atoms with E-state index in [9.17, 15) is 4.79 Å². The summed E-state index contributed by atoms with van der Waals surface area (Å²) in [5.41, 5.74) is 0.843. The highest BCUT2D eigenvalue weighted by Crippen LogP contribution is 2.28. The molecule has 0 radical (unpaired) electrons. The zero-order valence-corrected chi connectivity index (χ0v) is 14.4. The lowest BCUT2D eigenvalue weighted by Crippen LogP contribution is -2.30. The molecule has 1 fully saturated rings. The van der Waals surface area contributed by atoms with Gasteiger partial charge in [0.1, 0.15) is 5.82 Å². The molecular formula is C15H22N6OS. The molecule has 23 heavy (non-hydrogen) atoms. The Kier molecular flexibility index (Phi) is 5.00. The first-order valence-electron chi connectivity index (χ1n) is 7.96. The molecule has 2 aromatic heterocycles. The summed E-state index contributed by atoms with van der Waals surface area (Å²) >= 11 is 1.54. The molecule has 1 saturated heterocycles. The Balaban J connectivity index is 1.93. The summed E-state index contributed by atoms with van der Waals surface area (Å²) in [5.74, 6) is 0.958. The molecule has 0 spiro atoms. The van der Waals surface area contributed by atoms with Crippen molar-refractivity contribution in [3.8, 4) is 0 Å². The summed E-state index contributed by atoms with van der Waals surface area (Å²) in [6, 6.07) is 0. The number of rotatable bonds is 5. The van der Waals surface area contributed by atoms with Crippen molar-refractivity contribution in [3.63, 3.8) is 0 Å². The molecule has 124 valence electrons. The minimum Gasteiger partial charge on any atom is -0.356 e. The zero-order valence-electron chi connectivity index (χ0n) is 13.6. The fraction of sp³-hybridized carbons (Fsp3) is 0.600. The first kappa shape index (κ1) is 16.0. The van der Waals surface area contributed by atoms with Gasteiger partial charge in [-0.1, -0.05) is 11.8 Å². The molecule has 0 saturated carbocycles. The molecule has 3 rings (SSSR count). The minimum absolute atomic E-state index is 0.0325. The van der Waals surface area contributed by atoms with Crippen LogP contribution in [0.4, 0.5) is 5.82 Å². The van der Waals surface area contributed by atoms with Crippen molar-refractivity contribution in [2.75, 3.05) is 30.8 Å². The molecule has 1 amide bonds. The van der Waals surface area contributed by atoms with E-state index in [2.05, 4.69) is 20.3 Å². The lowest BCUT2D eigenvalue weighted by molar-refractivity contribution is -0.118. The fourth-order valence-electron chi connectivity index (χ4n) is 2.86. The molecule has 0 bridgehead atoms. The first-order chi connectivity index (χ1) is 11.2. The number of nitrogens with one attached hydrogen (secondary N) is 1. The SMILES string of the molecule is CSc1nc(N2CCCCC2)c2cnn(CCNC(C)=O)c2n1. The standard InChI is InChI=1S/C15H22N6OS/c1-11(22)16-6-9-21-14-12(10-17-21)13(18-15(19-14)23-2)20-7-4-3-5-8-20/h10H,3-9H2,1-2H3,(H,16,22). The van der Waals surface area contributed by atoms with E-state index in [4.69, 9.17) is 4.98 Å². The fourth-order valence-corrected chi connectivity index (χ4v) is 3.22. The Morgan fingerprint density at radius 1 is 1.30 bits per heavy atom. The third-order valence-electron chi connectivity index (χ3n) is 3.99. The maximum absolute atomic E-state index is 11.0. The van der Waals surface area contributed by atoms with Crippen molar-refractivity contribution in [1.82, 2.24) is 25.1 Å². The topological polar surface area (TPSA) is 75.9 Å². The van der Waals surface area contributed by atoms with E-state index in [0.717, 1.165) is 35.1 Å². The van der Waals surface area contributed by atoms with Crippen LogP contribution in [0.2, 0.25) is 0 Å². The molecule has 1 aliphatic heterocycles. The summed E-state index contributed by atoms with van der Waals surface area (Å²) in [5, 5.41) is 9.00. The molecule has 7 nitrogen and oxygen atoms in total. The van der Waals surface area contributed by atoms with E-state index in [0.29, 0.717) is 13.1 Å². The van der Waals surface area contributed by atoms with E-state index in [1.807, 2.05) is 17.1 Å². The Bertz CT molecular complexity index is 695. The van der Waals surface area contributed by atoms with Crippen LogP contribution in [0.5, 0.6) is 0 Å². The summed E-state index contributed by atoms with van der Waals surface area (Å²) < 4.78 is 1.85. The van der Waals surface area contributed by atoms with Gasteiger partial charge in [-0.05, 0) is 25.5 Å². The quantitative estimate of drug-likeness (QED) is 0.662. The van der Waals surface area contributed by atoms with Gasteiger partial charge in [-0.3, -0.25) is 4.79 Å². The Morgan fingerprint density at radius 2 is 2.09 bits per heavy atom. The number of thioether (sulfide) groups is 1. The van der Waals surface area contributed by atoms with Gasteiger partial charge in [0.05, 0.1) is 18.1 Å². The summed E-state index contributed by atoms with van der Waals surface area (Å²) in [6.07, 6.45) is 7.53. The molecule has 1 N–H and O–H groups in total. The van der Waals surface area contributed by atoms with Gasteiger partial charge < -0.3 is 10.2 Å². The molecular weight excluding hydrogens is 312 g/mol. The number of hydrogen-bond acceptors (Lipinski definition) is 6. The van der Waals surface area contributed by atoms with E-state index in [1.165, 1.54) is 26.2 Å². The van der Waals surface area contributed by atoms with Crippen LogP contribution in [-0.4, -0.2) is 51.5 Å². The van der Waals surface area contributed by atoms with E-state index >= 15 is 0 Å². The van der Waals surface area contributed by atoms with Crippen LogP contribution in [0.25, 0.3) is 11.0 Å². The van der Waals surface area contributed by atoms with Crippen LogP contribution in [0, 0.1) is 0 Å². The molecule has 0 atom stereocenters. The number of carbonyl (C=O) groups excluding carboxylic acids is 1. The zero-order chi connectivity index (χ0) is 16.2. The maximum atomic E-state index is 11.0. The van der Waals surface area contributed by atoms with Gasteiger partial charge >= 0.3 is 0 Å². The first-order valence-corrected chi connectivity index (χ1v) is 9.18. The van der Waals surface area contributed by atoms with E-state index < -0.39 is 0 Å². The molecule has 1 aliphatic rings. The smallest absolute Gasteiger partial charge is 0.216 e. The number of amides is 1. The van der Waals surface area contributed by atoms with Crippen LogP contribution in [-0.2, 0) is 11.3 Å². The van der Waals surface area contributed by atoms with Crippen LogP contribution in [0.15, 0.2) is 11.4 Å². The molecule has 2 aromatic rings. The summed E-state index contributed by atoms with van der Waals surface area (Å²) in [4.78, 5) is 22.7. The summed E-state index contributed by atoms with van der Waals surface area (Å²) in [6.45, 7) is 4.74. The third-order valence-corrected chi connectivity index (χ3v) is 4.54. The van der Waals surface area contributed by atoms with Crippen LogP contribution in [0.3, 0.4) is 0 Å². The Labute approximate surface area is 139 Å². The number of aromatic nitrogens is 4. The molecule has 8 heteroatoms. The second-order valence-corrected chi connectivity index (χ2v) is 6.44. The molecule has 0 aliphatic carbocycles. The Morgan fingerprint density at radius 3 is 2.78 bits per heavy atom.